The Kier molecular flexibility index (Phi) is 5.61. The summed E-state index contributed by atoms with van der Waals surface area (Å²) in [6.07, 6.45) is 4.32. The van der Waals surface area contributed by atoms with E-state index in [0.717, 1.165) is 19.5 Å². The van der Waals surface area contributed by atoms with Gasteiger partial charge in [0.1, 0.15) is 0 Å². The molecular formula is C17H27N. The van der Waals surface area contributed by atoms with Crippen molar-refractivity contribution in [3.8, 4) is 0 Å². The zero-order valence-corrected chi connectivity index (χ0v) is 12.3. The third kappa shape index (κ3) is 4.66. The van der Waals surface area contributed by atoms with Crippen molar-refractivity contribution >= 4 is 0 Å². The monoisotopic (exact) mass is 245 g/mol. The lowest BCUT2D eigenvalue weighted by Crippen LogP contribution is -2.32. The molecule has 0 amide bonds. The highest BCUT2D eigenvalue weighted by Gasteiger charge is 2.20. The van der Waals surface area contributed by atoms with Crippen molar-refractivity contribution in [1.29, 1.82) is 0 Å². The molecule has 0 radical (unpaired) electrons. The Bertz CT molecular complexity index is 374. The number of aryl methyl sites for hydroxylation is 2. The minimum atomic E-state index is 0.134. The maximum atomic E-state index is 4.01. The molecule has 0 saturated carbocycles. The summed E-state index contributed by atoms with van der Waals surface area (Å²) in [4.78, 5) is 0. The van der Waals surface area contributed by atoms with E-state index in [1.54, 1.807) is 0 Å². The molecule has 0 aromatic heterocycles. The molecule has 0 heterocycles. The van der Waals surface area contributed by atoms with Crippen LogP contribution < -0.4 is 5.32 Å². The zero-order chi connectivity index (χ0) is 13.6. The molecule has 1 atom stereocenters. The first-order valence-corrected chi connectivity index (χ1v) is 6.90. The standard InChI is InChI=1S/C17H27N/c1-6-8-18-13-17(5,7-2)12-16-10-14(3)9-15(4)11-16/h7,9-11,18H,2,6,8,12-13H2,1,3-5H3. The molecule has 0 spiro atoms. The third-order valence-electron chi connectivity index (χ3n) is 3.34. The Balaban J connectivity index is 2.74. The number of nitrogens with one attached hydrogen (secondary N) is 1. The van der Waals surface area contributed by atoms with Crippen LogP contribution in [0.2, 0.25) is 0 Å². The van der Waals surface area contributed by atoms with Gasteiger partial charge < -0.3 is 5.32 Å². The summed E-state index contributed by atoms with van der Waals surface area (Å²) in [6.45, 7) is 14.9. The second-order valence-electron chi connectivity index (χ2n) is 5.71. The number of benzene rings is 1. The van der Waals surface area contributed by atoms with Gasteiger partial charge in [-0.05, 0) is 38.8 Å². The Morgan fingerprint density at radius 3 is 2.33 bits per heavy atom. The van der Waals surface area contributed by atoms with E-state index < -0.39 is 0 Å². The molecule has 1 unspecified atom stereocenters. The lowest BCUT2D eigenvalue weighted by Gasteiger charge is -2.26. The highest BCUT2D eigenvalue weighted by molar-refractivity contribution is 5.29. The van der Waals surface area contributed by atoms with Crippen LogP contribution in [-0.2, 0) is 6.42 Å². The Morgan fingerprint density at radius 2 is 1.83 bits per heavy atom. The summed E-state index contributed by atoms with van der Waals surface area (Å²) < 4.78 is 0. The van der Waals surface area contributed by atoms with Gasteiger partial charge in [0.15, 0.2) is 0 Å². The summed E-state index contributed by atoms with van der Waals surface area (Å²) in [6, 6.07) is 6.80. The van der Waals surface area contributed by atoms with Gasteiger partial charge in [0.25, 0.3) is 0 Å². The van der Waals surface area contributed by atoms with Crippen molar-refractivity contribution in [3.05, 3.63) is 47.5 Å². The van der Waals surface area contributed by atoms with E-state index in [0.29, 0.717) is 0 Å². The number of hydrogen-bond donors (Lipinski definition) is 1. The lowest BCUT2D eigenvalue weighted by molar-refractivity contribution is 0.391. The van der Waals surface area contributed by atoms with Crippen LogP contribution in [-0.4, -0.2) is 13.1 Å². The van der Waals surface area contributed by atoms with Crippen LogP contribution in [0.25, 0.3) is 0 Å². The summed E-state index contributed by atoms with van der Waals surface area (Å²) >= 11 is 0. The quantitative estimate of drug-likeness (QED) is 0.565. The number of hydrogen-bond acceptors (Lipinski definition) is 1. The van der Waals surface area contributed by atoms with Gasteiger partial charge in [0.05, 0.1) is 0 Å². The smallest absolute Gasteiger partial charge is 0.00430 e. The highest BCUT2D eigenvalue weighted by atomic mass is 14.9. The fourth-order valence-electron chi connectivity index (χ4n) is 2.39. The first kappa shape index (κ1) is 15.0. The van der Waals surface area contributed by atoms with E-state index in [4.69, 9.17) is 0 Å². The van der Waals surface area contributed by atoms with Crippen LogP contribution in [0.5, 0.6) is 0 Å². The summed E-state index contributed by atoms with van der Waals surface area (Å²) in [5.41, 5.74) is 4.24. The normalized spacial score (nSPS) is 14.2. The van der Waals surface area contributed by atoms with Crippen molar-refractivity contribution in [1.82, 2.24) is 5.32 Å². The van der Waals surface area contributed by atoms with Gasteiger partial charge in [0.2, 0.25) is 0 Å². The molecule has 1 N–H and O–H groups in total. The topological polar surface area (TPSA) is 12.0 Å². The summed E-state index contributed by atoms with van der Waals surface area (Å²) in [5, 5.41) is 3.50. The van der Waals surface area contributed by atoms with Crippen LogP contribution in [0, 0.1) is 19.3 Å². The van der Waals surface area contributed by atoms with E-state index in [-0.39, 0.29) is 5.41 Å². The molecule has 0 saturated heterocycles. The Morgan fingerprint density at radius 1 is 1.22 bits per heavy atom. The van der Waals surface area contributed by atoms with Crippen molar-refractivity contribution in [2.45, 2.75) is 40.5 Å². The van der Waals surface area contributed by atoms with Gasteiger partial charge >= 0.3 is 0 Å². The van der Waals surface area contributed by atoms with Crippen LogP contribution in [0.3, 0.4) is 0 Å². The fraction of sp³-hybridized carbons (Fsp3) is 0.529. The molecule has 1 aromatic rings. The Hall–Kier alpha value is -1.08. The van der Waals surface area contributed by atoms with Gasteiger partial charge in [-0.2, -0.15) is 0 Å². The molecule has 1 aromatic carbocycles. The van der Waals surface area contributed by atoms with E-state index >= 15 is 0 Å². The second-order valence-corrected chi connectivity index (χ2v) is 5.71. The van der Waals surface area contributed by atoms with Gasteiger partial charge in [-0.1, -0.05) is 49.2 Å². The van der Waals surface area contributed by atoms with Crippen LogP contribution in [0.1, 0.15) is 37.0 Å². The molecule has 100 valence electrons. The average Bonchev–Trinajstić information content (AvgIpc) is 2.28. The van der Waals surface area contributed by atoms with Gasteiger partial charge in [-0.3, -0.25) is 0 Å². The molecule has 1 nitrogen and oxygen atoms in total. The number of rotatable bonds is 7. The van der Waals surface area contributed by atoms with Gasteiger partial charge in [-0.25, -0.2) is 0 Å². The Labute approximate surface area is 112 Å². The van der Waals surface area contributed by atoms with Crippen molar-refractivity contribution in [3.63, 3.8) is 0 Å². The molecule has 0 aliphatic rings. The first-order chi connectivity index (χ1) is 8.49. The van der Waals surface area contributed by atoms with Crippen LogP contribution >= 0.6 is 0 Å². The van der Waals surface area contributed by atoms with Gasteiger partial charge in [-0.15, -0.1) is 6.58 Å². The molecule has 1 rings (SSSR count). The minimum absolute atomic E-state index is 0.134. The molecule has 1 heteroatoms. The zero-order valence-electron chi connectivity index (χ0n) is 12.3. The van der Waals surface area contributed by atoms with E-state index in [9.17, 15) is 0 Å². The van der Waals surface area contributed by atoms with Crippen molar-refractivity contribution < 1.29 is 0 Å². The lowest BCUT2D eigenvalue weighted by atomic mass is 9.83. The van der Waals surface area contributed by atoms with Gasteiger partial charge in [0, 0.05) is 12.0 Å². The van der Waals surface area contributed by atoms with E-state index in [1.807, 2.05) is 0 Å². The third-order valence-corrected chi connectivity index (χ3v) is 3.34. The molecular weight excluding hydrogens is 218 g/mol. The molecule has 0 bridgehead atoms. The SMILES string of the molecule is C=CC(C)(CNCCC)Cc1cc(C)cc(C)c1. The van der Waals surface area contributed by atoms with Crippen LogP contribution in [0.15, 0.2) is 30.9 Å². The molecule has 18 heavy (non-hydrogen) atoms. The van der Waals surface area contributed by atoms with Crippen LogP contribution in [0.4, 0.5) is 0 Å². The maximum Gasteiger partial charge on any atom is 0.00430 e. The first-order valence-electron chi connectivity index (χ1n) is 6.90. The fourth-order valence-corrected chi connectivity index (χ4v) is 2.39. The summed E-state index contributed by atoms with van der Waals surface area (Å²) in [5.74, 6) is 0. The molecule has 0 fully saturated rings. The summed E-state index contributed by atoms with van der Waals surface area (Å²) in [7, 11) is 0. The second kappa shape index (κ2) is 6.75. The van der Waals surface area contributed by atoms with E-state index in [1.165, 1.54) is 23.1 Å². The predicted octanol–water partition coefficient (Wildman–Crippen LogP) is 4.04. The van der Waals surface area contributed by atoms with Crippen molar-refractivity contribution in [2.24, 2.45) is 5.41 Å². The molecule has 0 aliphatic carbocycles. The largest absolute Gasteiger partial charge is 0.316 e. The average molecular weight is 245 g/mol. The minimum Gasteiger partial charge on any atom is -0.316 e. The predicted molar refractivity (Wildman–Crippen MR) is 81.1 cm³/mol. The highest BCUT2D eigenvalue weighted by Crippen LogP contribution is 2.24. The molecule has 0 aliphatic heterocycles. The van der Waals surface area contributed by atoms with Crippen molar-refractivity contribution in [2.75, 3.05) is 13.1 Å². The van der Waals surface area contributed by atoms with E-state index in [2.05, 4.69) is 63.9 Å². The maximum absolute atomic E-state index is 4.01.